The van der Waals surface area contributed by atoms with Crippen molar-refractivity contribution in [3.8, 4) is 0 Å². The Morgan fingerprint density at radius 2 is 2.11 bits per heavy atom. The Kier molecular flexibility index (Phi) is 7.70. The normalized spacial score (nSPS) is 12.5. The van der Waals surface area contributed by atoms with Gasteiger partial charge in [0.15, 0.2) is 0 Å². The molecule has 0 aromatic carbocycles. The van der Waals surface area contributed by atoms with E-state index < -0.39 is 5.97 Å². The molecule has 0 radical (unpaired) electrons. The van der Waals surface area contributed by atoms with Gasteiger partial charge >= 0.3 is 5.97 Å². The van der Waals surface area contributed by atoms with Gasteiger partial charge in [0.05, 0.1) is 6.42 Å². The van der Waals surface area contributed by atoms with E-state index in [1.165, 1.54) is 0 Å². The predicted molar refractivity (Wildman–Crippen MR) is 77.5 cm³/mol. The van der Waals surface area contributed by atoms with Gasteiger partial charge < -0.3 is 15.5 Å². The highest BCUT2D eigenvalue weighted by atomic mass is 32.1. The number of rotatable bonds is 10. The van der Waals surface area contributed by atoms with Gasteiger partial charge in [-0.15, -0.1) is 11.3 Å². The van der Waals surface area contributed by atoms with Gasteiger partial charge in [-0.3, -0.25) is 4.79 Å². The van der Waals surface area contributed by atoms with Gasteiger partial charge in [0.1, 0.15) is 0 Å². The van der Waals surface area contributed by atoms with Crippen molar-refractivity contribution in [2.75, 3.05) is 13.2 Å². The molecule has 0 spiro atoms. The van der Waals surface area contributed by atoms with E-state index in [-0.39, 0.29) is 13.0 Å². The van der Waals surface area contributed by atoms with Crippen LogP contribution in [0.1, 0.15) is 35.9 Å². The van der Waals surface area contributed by atoms with Crippen LogP contribution in [0.2, 0.25) is 0 Å². The molecule has 19 heavy (non-hydrogen) atoms. The standard InChI is InChI=1S/C14H23NO3S/c1-2-3-11(6-7-16)9-15-10-13-5-4-12(19-13)8-14(17)18/h4-5,11,15-16H,2-3,6-10H2,1H3,(H,17,18). The summed E-state index contributed by atoms with van der Waals surface area (Å²) < 4.78 is 0. The molecule has 0 aliphatic carbocycles. The van der Waals surface area contributed by atoms with E-state index >= 15 is 0 Å². The topological polar surface area (TPSA) is 69.6 Å². The first-order chi connectivity index (χ1) is 9.15. The predicted octanol–water partition coefficient (Wildman–Crippen LogP) is 2.26. The first-order valence-corrected chi connectivity index (χ1v) is 7.58. The monoisotopic (exact) mass is 285 g/mol. The van der Waals surface area contributed by atoms with Crippen molar-refractivity contribution in [3.63, 3.8) is 0 Å². The van der Waals surface area contributed by atoms with Crippen LogP contribution in [0.3, 0.4) is 0 Å². The largest absolute Gasteiger partial charge is 0.481 e. The van der Waals surface area contributed by atoms with Crippen molar-refractivity contribution < 1.29 is 15.0 Å². The number of carboxylic acids is 1. The lowest BCUT2D eigenvalue weighted by Crippen LogP contribution is -2.22. The molecule has 1 heterocycles. The number of hydrogen-bond acceptors (Lipinski definition) is 4. The zero-order valence-corrected chi connectivity index (χ0v) is 12.2. The van der Waals surface area contributed by atoms with Crippen LogP contribution in [0.4, 0.5) is 0 Å². The number of carbonyl (C=O) groups is 1. The summed E-state index contributed by atoms with van der Waals surface area (Å²) in [6.07, 6.45) is 3.21. The van der Waals surface area contributed by atoms with Gasteiger partial charge in [-0.25, -0.2) is 0 Å². The Labute approximate surface area is 118 Å². The third-order valence-corrected chi connectivity index (χ3v) is 4.09. The fourth-order valence-electron chi connectivity index (χ4n) is 2.10. The first kappa shape index (κ1) is 16.1. The minimum atomic E-state index is -0.785. The van der Waals surface area contributed by atoms with E-state index in [2.05, 4.69) is 12.2 Å². The molecule has 5 heteroatoms. The Hall–Kier alpha value is -0.910. The van der Waals surface area contributed by atoms with E-state index in [9.17, 15) is 4.79 Å². The summed E-state index contributed by atoms with van der Waals surface area (Å²) in [4.78, 5) is 12.6. The van der Waals surface area contributed by atoms with Gasteiger partial charge in [0.25, 0.3) is 0 Å². The van der Waals surface area contributed by atoms with Crippen molar-refractivity contribution in [2.24, 2.45) is 5.92 Å². The molecule has 0 fully saturated rings. The summed E-state index contributed by atoms with van der Waals surface area (Å²) in [5.74, 6) is -0.263. The lowest BCUT2D eigenvalue weighted by molar-refractivity contribution is -0.136. The Morgan fingerprint density at radius 3 is 2.74 bits per heavy atom. The second kappa shape index (κ2) is 9.07. The maximum atomic E-state index is 10.6. The summed E-state index contributed by atoms with van der Waals surface area (Å²) in [5, 5.41) is 21.1. The van der Waals surface area contributed by atoms with E-state index in [4.69, 9.17) is 10.2 Å². The molecule has 0 amide bonds. The zero-order chi connectivity index (χ0) is 14.1. The van der Waals surface area contributed by atoms with Crippen LogP contribution in [0.25, 0.3) is 0 Å². The molecule has 1 aromatic heterocycles. The first-order valence-electron chi connectivity index (χ1n) is 6.76. The van der Waals surface area contributed by atoms with Crippen LogP contribution >= 0.6 is 11.3 Å². The van der Waals surface area contributed by atoms with Crippen LogP contribution < -0.4 is 5.32 Å². The fraction of sp³-hybridized carbons (Fsp3) is 0.643. The van der Waals surface area contributed by atoms with E-state index in [0.29, 0.717) is 5.92 Å². The zero-order valence-electron chi connectivity index (χ0n) is 11.4. The molecule has 108 valence electrons. The number of hydrogen-bond donors (Lipinski definition) is 3. The quantitative estimate of drug-likeness (QED) is 0.617. The van der Waals surface area contributed by atoms with Crippen LogP contribution in [0, 0.1) is 5.92 Å². The number of carboxylic acid groups (broad SMARTS) is 1. The molecule has 1 aromatic rings. The molecular formula is C14H23NO3S. The van der Waals surface area contributed by atoms with Crippen molar-refractivity contribution >= 4 is 17.3 Å². The van der Waals surface area contributed by atoms with Crippen LogP contribution in [0.5, 0.6) is 0 Å². The van der Waals surface area contributed by atoms with Crippen LogP contribution in [-0.4, -0.2) is 29.3 Å². The Balaban J connectivity index is 2.31. The molecule has 0 saturated carbocycles. The van der Waals surface area contributed by atoms with Gasteiger partial charge in [-0.05, 0) is 37.4 Å². The van der Waals surface area contributed by atoms with E-state index in [0.717, 1.165) is 42.1 Å². The van der Waals surface area contributed by atoms with E-state index in [1.807, 2.05) is 12.1 Å². The van der Waals surface area contributed by atoms with Gasteiger partial charge in [0, 0.05) is 22.9 Å². The van der Waals surface area contributed by atoms with Crippen molar-refractivity contribution in [1.29, 1.82) is 0 Å². The summed E-state index contributed by atoms with van der Waals surface area (Å²) in [5.41, 5.74) is 0. The molecule has 3 N–H and O–H groups in total. The third-order valence-electron chi connectivity index (χ3n) is 3.01. The highest BCUT2D eigenvalue weighted by molar-refractivity contribution is 7.12. The molecular weight excluding hydrogens is 262 g/mol. The highest BCUT2D eigenvalue weighted by Crippen LogP contribution is 2.17. The SMILES string of the molecule is CCCC(CCO)CNCc1ccc(CC(=O)O)s1. The van der Waals surface area contributed by atoms with Crippen LogP contribution in [0.15, 0.2) is 12.1 Å². The average molecular weight is 285 g/mol. The molecule has 0 saturated heterocycles. The fourth-order valence-corrected chi connectivity index (χ4v) is 3.08. The Bertz CT molecular complexity index is 373. The summed E-state index contributed by atoms with van der Waals surface area (Å²) >= 11 is 1.55. The van der Waals surface area contributed by atoms with Crippen molar-refractivity contribution in [3.05, 3.63) is 21.9 Å². The number of aliphatic carboxylic acids is 1. The van der Waals surface area contributed by atoms with Gasteiger partial charge in [-0.2, -0.15) is 0 Å². The summed E-state index contributed by atoms with van der Waals surface area (Å²) in [6, 6.07) is 3.86. The lowest BCUT2D eigenvalue weighted by atomic mass is 10.0. The second-order valence-electron chi connectivity index (χ2n) is 4.74. The van der Waals surface area contributed by atoms with E-state index in [1.54, 1.807) is 11.3 Å². The molecule has 0 aliphatic heterocycles. The molecule has 1 unspecified atom stereocenters. The third kappa shape index (κ3) is 6.71. The average Bonchev–Trinajstić information content (AvgIpc) is 2.76. The number of aliphatic hydroxyl groups is 1. The summed E-state index contributed by atoms with van der Waals surface area (Å²) in [7, 11) is 0. The molecule has 1 atom stereocenters. The minimum absolute atomic E-state index is 0.105. The van der Waals surface area contributed by atoms with Crippen LogP contribution in [-0.2, 0) is 17.8 Å². The second-order valence-corrected chi connectivity index (χ2v) is 5.99. The smallest absolute Gasteiger partial charge is 0.308 e. The lowest BCUT2D eigenvalue weighted by Gasteiger charge is -2.15. The van der Waals surface area contributed by atoms with Gasteiger partial charge in [-0.1, -0.05) is 13.3 Å². The minimum Gasteiger partial charge on any atom is -0.481 e. The van der Waals surface area contributed by atoms with Crippen molar-refractivity contribution in [2.45, 2.75) is 39.2 Å². The highest BCUT2D eigenvalue weighted by Gasteiger charge is 2.08. The maximum absolute atomic E-state index is 10.6. The number of thiophene rings is 1. The molecule has 0 aliphatic rings. The molecule has 1 rings (SSSR count). The summed E-state index contributed by atoms with van der Waals surface area (Å²) in [6.45, 7) is 4.08. The van der Waals surface area contributed by atoms with Gasteiger partial charge in [0.2, 0.25) is 0 Å². The number of nitrogens with one attached hydrogen (secondary N) is 1. The Morgan fingerprint density at radius 1 is 1.37 bits per heavy atom. The number of aliphatic hydroxyl groups excluding tert-OH is 1. The maximum Gasteiger partial charge on any atom is 0.308 e. The van der Waals surface area contributed by atoms with Crippen molar-refractivity contribution in [1.82, 2.24) is 5.32 Å². The molecule has 0 bridgehead atoms. The molecule has 4 nitrogen and oxygen atoms in total.